The summed E-state index contributed by atoms with van der Waals surface area (Å²) in [5.41, 5.74) is 0. The van der Waals surface area contributed by atoms with Crippen LogP contribution in [0.1, 0.15) is 25.7 Å². The summed E-state index contributed by atoms with van der Waals surface area (Å²) in [6.45, 7) is 1.18. The summed E-state index contributed by atoms with van der Waals surface area (Å²) >= 11 is 5.78. The van der Waals surface area contributed by atoms with Gasteiger partial charge >= 0.3 is 0 Å². The molecule has 0 saturated heterocycles. The minimum Gasteiger partial charge on any atom is -0.481 e. The highest BCUT2D eigenvalue weighted by atomic mass is 35.5. The van der Waals surface area contributed by atoms with Crippen LogP contribution >= 0.6 is 11.6 Å². The van der Waals surface area contributed by atoms with Gasteiger partial charge in [0.15, 0.2) is 0 Å². The van der Waals surface area contributed by atoms with Gasteiger partial charge in [0.25, 0.3) is 0 Å². The van der Waals surface area contributed by atoms with Crippen molar-refractivity contribution in [2.75, 3.05) is 13.2 Å². The van der Waals surface area contributed by atoms with Gasteiger partial charge in [0.05, 0.1) is 6.54 Å². The fourth-order valence-electron chi connectivity index (χ4n) is 2.09. The standard InChI is InChI=1S/C15H18ClNO/c16-13-7-9-15(10-8-13)18-12-4-3-11-17-14-5-1-2-6-14/h7-10,14,17H,1-2,5-6,11-12H2. The number of benzene rings is 1. The molecule has 1 aliphatic rings. The van der Waals surface area contributed by atoms with Gasteiger partial charge in [-0.05, 0) is 37.1 Å². The second-order valence-corrected chi connectivity index (χ2v) is 4.89. The summed E-state index contributed by atoms with van der Waals surface area (Å²) in [5, 5.41) is 4.16. The van der Waals surface area contributed by atoms with Gasteiger partial charge in [-0.1, -0.05) is 36.3 Å². The molecule has 0 unspecified atom stereocenters. The van der Waals surface area contributed by atoms with E-state index in [1.807, 2.05) is 24.3 Å². The van der Waals surface area contributed by atoms with E-state index in [0.29, 0.717) is 17.7 Å². The fourth-order valence-corrected chi connectivity index (χ4v) is 2.22. The molecule has 0 amide bonds. The first-order valence-electron chi connectivity index (χ1n) is 6.42. The van der Waals surface area contributed by atoms with E-state index < -0.39 is 0 Å². The quantitative estimate of drug-likeness (QED) is 0.842. The van der Waals surface area contributed by atoms with Crippen LogP contribution in [0.3, 0.4) is 0 Å². The highest BCUT2D eigenvalue weighted by Crippen LogP contribution is 2.17. The zero-order chi connectivity index (χ0) is 12.6. The van der Waals surface area contributed by atoms with Crippen molar-refractivity contribution in [1.29, 1.82) is 0 Å². The summed E-state index contributed by atoms with van der Waals surface area (Å²) < 4.78 is 5.47. The molecule has 1 aromatic rings. The van der Waals surface area contributed by atoms with Crippen molar-refractivity contribution in [3.63, 3.8) is 0 Å². The maximum atomic E-state index is 5.78. The SMILES string of the molecule is Clc1ccc(OCC#CCNC2CCCC2)cc1. The number of rotatable bonds is 4. The maximum Gasteiger partial charge on any atom is 0.149 e. The van der Waals surface area contributed by atoms with Crippen molar-refractivity contribution >= 4 is 11.6 Å². The zero-order valence-electron chi connectivity index (χ0n) is 10.4. The van der Waals surface area contributed by atoms with Crippen LogP contribution in [0.4, 0.5) is 0 Å². The maximum absolute atomic E-state index is 5.78. The van der Waals surface area contributed by atoms with Gasteiger partial charge in [-0.15, -0.1) is 0 Å². The Bertz CT molecular complexity index is 412. The molecule has 2 rings (SSSR count). The Morgan fingerprint density at radius 2 is 1.89 bits per heavy atom. The molecule has 1 aliphatic carbocycles. The van der Waals surface area contributed by atoms with Crippen LogP contribution in [-0.2, 0) is 0 Å². The van der Waals surface area contributed by atoms with Crippen molar-refractivity contribution in [3.8, 4) is 17.6 Å². The number of hydrogen-bond acceptors (Lipinski definition) is 2. The van der Waals surface area contributed by atoms with Gasteiger partial charge in [0.1, 0.15) is 12.4 Å². The van der Waals surface area contributed by atoms with Crippen molar-refractivity contribution < 1.29 is 4.74 Å². The average molecular weight is 264 g/mol. The minimum atomic E-state index is 0.425. The van der Waals surface area contributed by atoms with Crippen LogP contribution in [-0.4, -0.2) is 19.2 Å². The van der Waals surface area contributed by atoms with Crippen molar-refractivity contribution in [2.24, 2.45) is 0 Å². The van der Waals surface area contributed by atoms with Gasteiger partial charge in [-0.2, -0.15) is 0 Å². The van der Waals surface area contributed by atoms with E-state index >= 15 is 0 Å². The van der Waals surface area contributed by atoms with Gasteiger partial charge in [0, 0.05) is 11.1 Å². The smallest absolute Gasteiger partial charge is 0.149 e. The lowest BCUT2D eigenvalue weighted by molar-refractivity contribution is 0.370. The van der Waals surface area contributed by atoms with E-state index in [2.05, 4.69) is 17.2 Å². The van der Waals surface area contributed by atoms with E-state index in [-0.39, 0.29) is 0 Å². The Labute approximate surface area is 114 Å². The molecule has 0 atom stereocenters. The van der Waals surface area contributed by atoms with E-state index in [1.54, 1.807) is 0 Å². The lowest BCUT2D eigenvalue weighted by Crippen LogP contribution is -2.26. The third-order valence-corrected chi connectivity index (χ3v) is 3.34. The minimum absolute atomic E-state index is 0.425. The molecule has 0 bridgehead atoms. The molecule has 0 aliphatic heterocycles. The topological polar surface area (TPSA) is 21.3 Å². The fraction of sp³-hybridized carbons (Fsp3) is 0.467. The molecular formula is C15H18ClNO. The Hall–Kier alpha value is -1.17. The molecule has 0 radical (unpaired) electrons. The molecule has 0 aromatic heterocycles. The Morgan fingerprint density at radius 3 is 2.61 bits per heavy atom. The predicted octanol–water partition coefficient (Wildman–Crippen LogP) is 3.25. The summed E-state index contributed by atoms with van der Waals surface area (Å²) in [7, 11) is 0. The summed E-state index contributed by atoms with van der Waals surface area (Å²) in [5.74, 6) is 6.89. The number of hydrogen-bond donors (Lipinski definition) is 1. The normalized spacial score (nSPS) is 15.2. The molecule has 1 saturated carbocycles. The molecule has 3 heteroatoms. The number of nitrogens with one attached hydrogen (secondary N) is 1. The van der Waals surface area contributed by atoms with Crippen LogP contribution < -0.4 is 10.1 Å². The van der Waals surface area contributed by atoms with Crippen LogP contribution in [0, 0.1) is 11.8 Å². The molecule has 0 spiro atoms. The van der Waals surface area contributed by atoms with Crippen molar-refractivity contribution in [3.05, 3.63) is 29.3 Å². The number of halogens is 1. The van der Waals surface area contributed by atoms with Gasteiger partial charge < -0.3 is 10.1 Å². The van der Waals surface area contributed by atoms with Crippen LogP contribution in [0.25, 0.3) is 0 Å². The summed E-state index contributed by atoms with van der Waals surface area (Å²) in [4.78, 5) is 0. The lowest BCUT2D eigenvalue weighted by Gasteiger charge is -2.07. The molecule has 1 N–H and O–H groups in total. The first kappa shape index (κ1) is 13.3. The largest absolute Gasteiger partial charge is 0.481 e. The monoisotopic (exact) mass is 263 g/mol. The van der Waals surface area contributed by atoms with Gasteiger partial charge in [-0.3, -0.25) is 0 Å². The van der Waals surface area contributed by atoms with E-state index in [0.717, 1.165) is 12.3 Å². The number of ether oxygens (including phenoxy) is 1. The van der Waals surface area contributed by atoms with Crippen LogP contribution in [0.2, 0.25) is 5.02 Å². The average Bonchev–Trinajstić information content (AvgIpc) is 2.89. The van der Waals surface area contributed by atoms with E-state index in [4.69, 9.17) is 16.3 Å². The third-order valence-electron chi connectivity index (χ3n) is 3.08. The second kappa shape index (κ2) is 7.31. The summed E-state index contributed by atoms with van der Waals surface area (Å²) in [6.07, 6.45) is 5.29. The van der Waals surface area contributed by atoms with Gasteiger partial charge in [-0.25, -0.2) is 0 Å². The second-order valence-electron chi connectivity index (χ2n) is 4.46. The molecule has 0 heterocycles. The first-order chi connectivity index (χ1) is 8.84. The Morgan fingerprint density at radius 1 is 1.17 bits per heavy atom. The van der Waals surface area contributed by atoms with Crippen LogP contribution in [0.15, 0.2) is 24.3 Å². The molecule has 96 valence electrons. The van der Waals surface area contributed by atoms with E-state index in [9.17, 15) is 0 Å². The molecule has 1 aromatic carbocycles. The highest BCUT2D eigenvalue weighted by molar-refractivity contribution is 6.30. The van der Waals surface area contributed by atoms with E-state index in [1.165, 1.54) is 25.7 Å². The lowest BCUT2D eigenvalue weighted by atomic mass is 10.2. The predicted molar refractivity (Wildman–Crippen MR) is 75.0 cm³/mol. The van der Waals surface area contributed by atoms with Crippen LogP contribution in [0.5, 0.6) is 5.75 Å². The zero-order valence-corrected chi connectivity index (χ0v) is 11.2. The molecule has 1 fully saturated rings. The van der Waals surface area contributed by atoms with Crippen molar-refractivity contribution in [1.82, 2.24) is 5.32 Å². The molecule has 18 heavy (non-hydrogen) atoms. The molecule has 2 nitrogen and oxygen atoms in total. The Balaban J connectivity index is 1.61. The van der Waals surface area contributed by atoms with Gasteiger partial charge in [0.2, 0.25) is 0 Å². The third kappa shape index (κ3) is 4.60. The molecular weight excluding hydrogens is 246 g/mol. The van der Waals surface area contributed by atoms with Crippen molar-refractivity contribution in [2.45, 2.75) is 31.7 Å². The Kier molecular flexibility index (Phi) is 5.38. The summed E-state index contributed by atoms with van der Waals surface area (Å²) in [6, 6.07) is 8.00. The highest BCUT2D eigenvalue weighted by Gasteiger charge is 2.12. The first-order valence-corrected chi connectivity index (χ1v) is 6.80.